The molecule has 0 saturated heterocycles. The van der Waals surface area contributed by atoms with Gasteiger partial charge in [0.1, 0.15) is 28.7 Å². The van der Waals surface area contributed by atoms with Crippen LogP contribution in [0, 0.1) is 0 Å². The number of benzene rings is 4. The van der Waals surface area contributed by atoms with E-state index >= 15 is 0 Å². The van der Waals surface area contributed by atoms with Crippen molar-refractivity contribution in [2.75, 3.05) is 6.61 Å². The Morgan fingerprint density at radius 2 is 1.58 bits per heavy atom. The number of aromatic hydroxyl groups is 3. The van der Waals surface area contributed by atoms with Gasteiger partial charge < -0.3 is 29.5 Å². The third kappa shape index (κ3) is 5.09. The number of ether oxygens (including phenoxy) is 3. The summed E-state index contributed by atoms with van der Waals surface area (Å²) in [4.78, 5) is 0. The Balaban J connectivity index is 1.61. The van der Waals surface area contributed by atoms with Crippen molar-refractivity contribution in [3.05, 3.63) is 101 Å². The molecule has 0 aromatic heterocycles. The van der Waals surface area contributed by atoms with Gasteiger partial charge in [0.25, 0.3) is 0 Å². The average Bonchev–Trinajstić information content (AvgIpc) is 2.87. The first kappa shape index (κ1) is 23.6. The van der Waals surface area contributed by atoms with E-state index in [0.29, 0.717) is 54.4 Å². The third-order valence-corrected chi connectivity index (χ3v) is 6.30. The lowest BCUT2D eigenvalue weighted by Gasteiger charge is -2.20. The summed E-state index contributed by atoms with van der Waals surface area (Å²) in [6.07, 6.45) is 1.20. The van der Waals surface area contributed by atoms with E-state index in [4.69, 9.17) is 14.2 Å². The number of phenolic OH excluding ortho intramolecular Hbond substituents is 3. The summed E-state index contributed by atoms with van der Waals surface area (Å²) in [7, 11) is 0. The first-order valence-electron chi connectivity index (χ1n) is 12.0. The molecule has 0 aliphatic carbocycles. The van der Waals surface area contributed by atoms with Gasteiger partial charge in [-0.3, -0.25) is 0 Å². The number of rotatable bonds is 2. The Morgan fingerprint density at radius 3 is 2.39 bits per heavy atom. The summed E-state index contributed by atoms with van der Waals surface area (Å²) in [5.41, 5.74) is 3.18. The summed E-state index contributed by atoms with van der Waals surface area (Å²) < 4.78 is 18.3. The minimum atomic E-state index is -0.402. The Morgan fingerprint density at radius 1 is 0.778 bits per heavy atom. The van der Waals surface area contributed by atoms with Crippen LogP contribution in [0.5, 0.6) is 40.2 Å². The van der Waals surface area contributed by atoms with E-state index in [9.17, 15) is 15.3 Å². The molecule has 36 heavy (non-hydrogen) atoms. The summed E-state index contributed by atoms with van der Waals surface area (Å²) in [5, 5.41) is 31.6. The van der Waals surface area contributed by atoms with Crippen LogP contribution in [0.2, 0.25) is 0 Å². The average molecular weight is 485 g/mol. The van der Waals surface area contributed by atoms with E-state index in [1.54, 1.807) is 18.2 Å². The van der Waals surface area contributed by atoms with Crippen LogP contribution < -0.4 is 9.47 Å². The molecule has 184 valence electrons. The maximum atomic E-state index is 10.6. The van der Waals surface area contributed by atoms with E-state index < -0.39 is 6.10 Å². The summed E-state index contributed by atoms with van der Waals surface area (Å²) in [6, 6.07) is 23.6. The van der Waals surface area contributed by atoms with Gasteiger partial charge in [0.05, 0.1) is 6.10 Å². The van der Waals surface area contributed by atoms with Crippen LogP contribution in [0.1, 0.15) is 35.3 Å². The summed E-state index contributed by atoms with van der Waals surface area (Å²) >= 11 is 0. The molecule has 0 radical (unpaired) electrons. The fourth-order valence-corrected chi connectivity index (χ4v) is 4.47. The van der Waals surface area contributed by atoms with Gasteiger partial charge in [-0.05, 0) is 73.4 Å². The molecule has 2 aliphatic heterocycles. The van der Waals surface area contributed by atoms with Crippen LogP contribution in [-0.2, 0) is 24.0 Å². The fourth-order valence-electron chi connectivity index (χ4n) is 4.47. The lowest BCUT2D eigenvalue weighted by atomic mass is 9.99. The van der Waals surface area contributed by atoms with Crippen LogP contribution in [0.15, 0.2) is 78.9 Å². The maximum absolute atomic E-state index is 10.6. The molecule has 1 atom stereocenters. The molecular weight excluding hydrogens is 456 g/mol. The number of fused-ring (bicyclic) bond motifs is 4. The molecule has 0 spiro atoms. The highest BCUT2D eigenvalue weighted by molar-refractivity contribution is 5.52. The first-order chi connectivity index (χ1) is 17.5. The fraction of sp³-hybridized carbons (Fsp3) is 0.200. The highest BCUT2D eigenvalue weighted by Crippen LogP contribution is 2.39. The summed E-state index contributed by atoms with van der Waals surface area (Å²) in [6.45, 7) is 2.37. The second kappa shape index (κ2) is 10.2. The lowest BCUT2D eigenvalue weighted by molar-refractivity contribution is 0.0622. The molecule has 0 fully saturated rings. The largest absolute Gasteiger partial charge is 0.508 e. The zero-order chi connectivity index (χ0) is 25.1. The minimum Gasteiger partial charge on any atom is -0.508 e. The van der Waals surface area contributed by atoms with Crippen molar-refractivity contribution in [3.63, 3.8) is 0 Å². The van der Waals surface area contributed by atoms with Crippen molar-refractivity contribution in [3.8, 4) is 40.2 Å². The molecule has 0 amide bonds. The molecule has 0 saturated carbocycles. The molecule has 3 N–H and O–H groups in total. The van der Waals surface area contributed by atoms with E-state index in [0.717, 1.165) is 16.7 Å². The van der Waals surface area contributed by atoms with Crippen molar-refractivity contribution in [1.29, 1.82) is 0 Å². The van der Waals surface area contributed by atoms with Crippen molar-refractivity contribution in [2.24, 2.45) is 0 Å². The Labute approximate surface area is 210 Å². The van der Waals surface area contributed by atoms with Crippen LogP contribution >= 0.6 is 0 Å². The molecule has 4 aromatic rings. The molecule has 6 nitrogen and oxygen atoms in total. The van der Waals surface area contributed by atoms with Gasteiger partial charge >= 0.3 is 0 Å². The van der Waals surface area contributed by atoms with Gasteiger partial charge in [-0.2, -0.15) is 0 Å². The molecule has 6 bridgehead atoms. The lowest BCUT2D eigenvalue weighted by Crippen LogP contribution is -2.08. The number of hydrogen-bond donors (Lipinski definition) is 3. The molecular formula is C30H28O6. The van der Waals surface area contributed by atoms with E-state index in [1.165, 1.54) is 6.07 Å². The van der Waals surface area contributed by atoms with E-state index in [1.807, 2.05) is 61.5 Å². The Bertz CT molecular complexity index is 1360. The molecule has 6 rings (SSSR count). The molecule has 4 aromatic carbocycles. The maximum Gasteiger partial charge on any atom is 0.161 e. The highest BCUT2D eigenvalue weighted by atomic mass is 16.5. The predicted molar refractivity (Wildman–Crippen MR) is 136 cm³/mol. The number of aryl methyl sites for hydroxylation is 1. The molecule has 2 heterocycles. The van der Waals surface area contributed by atoms with Gasteiger partial charge in [0, 0.05) is 30.2 Å². The zero-order valence-corrected chi connectivity index (χ0v) is 20.0. The van der Waals surface area contributed by atoms with Gasteiger partial charge in [-0.25, -0.2) is 0 Å². The molecule has 2 aliphatic rings. The quantitative estimate of drug-likeness (QED) is 0.271. The van der Waals surface area contributed by atoms with E-state index in [-0.39, 0.29) is 17.2 Å². The Hall–Kier alpha value is -4.16. The van der Waals surface area contributed by atoms with Gasteiger partial charge in [0.15, 0.2) is 11.5 Å². The third-order valence-electron chi connectivity index (χ3n) is 6.30. The van der Waals surface area contributed by atoms with Crippen molar-refractivity contribution >= 4 is 0 Å². The van der Waals surface area contributed by atoms with Crippen molar-refractivity contribution in [2.45, 2.75) is 32.3 Å². The number of phenols is 3. The van der Waals surface area contributed by atoms with E-state index in [2.05, 4.69) is 0 Å². The first-order valence-corrected chi connectivity index (χ1v) is 12.0. The Kier molecular flexibility index (Phi) is 6.69. The second-order valence-corrected chi connectivity index (χ2v) is 8.77. The van der Waals surface area contributed by atoms with Crippen molar-refractivity contribution < 1.29 is 29.5 Å². The summed E-state index contributed by atoms with van der Waals surface area (Å²) in [5.74, 6) is 1.97. The standard InChI is InChI=1S/C30H28O6/c1-2-34-29-17-21-16-24(18-27(32)30(21)33)35-22-12-9-19(10-13-22)11-14-25-26(31)7-4-8-28(25)36-23-6-3-5-20(29)15-23/h3-10,12-13,15-16,18,29,31-33H,2,11,14,17H2,1H3. The highest BCUT2D eigenvalue weighted by Gasteiger charge is 2.20. The van der Waals surface area contributed by atoms with Crippen LogP contribution in [-0.4, -0.2) is 21.9 Å². The second-order valence-electron chi connectivity index (χ2n) is 8.77. The zero-order valence-electron chi connectivity index (χ0n) is 20.0. The van der Waals surface area contributed by atoms with Gasteiger partial charge in [0.2, 0.25) is 0 Å². The van der Waals surface area contributed by atoms with Gasteiger partial charge in [-0.1, -0.05) is 30.3 Å². The monoisotopic (exact) mass is 484 g/mol. The predicted octanol–water partition coefficient (Wildman–Crippen LogP) is 6.81. The van der Waals surface area contributed by atoms with Gasteiger partial charge in [-0.15, -0.1) is 0 Å². The molecule has 6 heteroatoms. The topological polar surface area (TPSA) is 88.4 Å². The number of hydrogen-bond acceptors (Lipinski definition) is 6. The van der Waals surface area contributed by atoms with Crippen molar-refractivity contribution in [1.82, 2.24) is 0 Å². The van der Waals surface area contributed by atoms with Crippen LogP contribution in [0.4, 0.5) is 0 Å². The normalized spacial score (nSPS) is 15.2. The minimum absolute atomic E-state index is 0.193. The van der Waals surface area contributed by atoms with Crippen LogP contribution in [0.25, 0.3) is 0 Å². The van der Waals surface area contributed by atoms with Crippen LogP contribution in [0.3, 0.4) is 0 Å². The molecule has 1 unspecified atom stereocenters. The smallest absolute Gasteiger partial charge is 0.161 e. The SMILES string of the molecule is CCOC1Cc2cc(cc(O)c2O)Oc2ccc(cc2)CCc2c(O)cccc2Oc2cccc1c2.